The summed E-state index contributed by atoms with van der Waals surface area (Å²) in [6.07, 6.45) is 0. The van der Waals surface area contributed by atoms with Crippen molar-refractivity contribution in [2.75, 3.05) is 13.7 Å². The number of nitrogens with zero attached hydrogens (tertiary/aromatic N) is 2. The van der Waals surface area contributed by atoms with E-state index in [0.717, 1.165) is 0 Å². The molecule has 28 heavy (non-hydrogen) atoms. The molecule has 0 saturated carbocycles. The van der Waals surface area contributed by atoms with Crippen molar-refractivity contribution in [3.8, 4) is 22.8 Å². The number of rotatable bonds is 7. The summed E-state index contributed by atoms with van der Waals surface area (Å²) in [7, 11) is 1.52. The number of aromatic nitrogens is 3. The molecule has 0 atom stereocenters. The summed E-state index contributed by atoms with van der Waals surface area (Å²) in [5, 5.41) is 11.4. The van der Waals surface area contributed by atoms with Gasteiger partial charge in [-0.1, -0.05) is 29.3 Å². The molecule has 3 rings (SSSR count). The molecule has 2 aromatic carbocycles. The number of nitrogens with one attached hydrogen (secondary N) is 1. The first-order valence-electron chi connectivity index (χ1n) is 8.37. The van der Waals surface area contributed by atoms with E-state index in [9.17, 15) is 4.79 Å². The van der Waals surface area contributed by atoms with Gasteiger partial charge in [0.05, 0.1) is 13.7 Å². The minimum atomic E-state index is -0.557. The molecule has 0 bridgehead atoms. The van der Waals surface area contributed by atoms with E-state index < -0.39 is 5.97 Å². The summed E-state index contributed by atoms with van der Waals surface area (Å²) >= 11 is 12.4. The van der Waals surface area contributed by atoms with E-state index in [0.29, 0.717) is 38.4 Å². The molecule has 0 aliphatic carbocycles. The van der Waals surface area contributed by atoms with Crippen molar-refractivity contribution in [2.24, 2.45) is 0 Å². The maximum Gasteiger partial charge on any atom is 0.361 e. The van der Waals surface area contributed by atoms with Crippen LogP contribution in [-0.2, 0) is 11.3 Å². The van der Waals surface area contributed by atoms with Crippen molar-refractivity contribution in [1.29, 1.82) is 0 Å². The van der Waals surface area contributed by atoms with Crippen molar-refractivity contribution in [1.82, 2.24) is 15.4 Å². The van der Waals surface area contributed by atoms with E-state index in [4.69, 9.17) is 37.4 Å². The van der Waals surface area contributed by atoms with Crippen LogP contribution in [0.5, 0.6) is 11.5 Å². The Kier molecular flexibility index (Phi) is 6.38. The van der Waals surface area contributed by atoms with Crippen molar-refractivity contribution >= 4 is 29.2 Å². The lowest BCUT2D eigenvalue weighted by atomic mass is 10.1. The predicted octanol–water partition coefficient (Wildman–Crippen LogP) is 4.54. The maximum absolute atomic E-state index is 12.0. The average molecular weight is 422 g/mol. The lowest BCUT2D eigenvalue weighted by Crippen LogP contribution is -2.07. The van der Waals surface area contributed by atoms with Gasteiger partial charge in [0, 0.05) is 21.2 Å². The second-order valence-corrected chi connectivity index (χ2v) is 6.41. The number of hydrogen-bond acceptors (Lipinski definition) is 6. The van der Waals surface area contributed by atoms with Crippen LogP contribution in [0, 0.1) is 0 Å². The molecular weight excluding hydrogens is 405 g/mol. The van der Waals surface area contributed by atoms with Crippen LogP contribution in [0.25, 0.3) is 11.3 Å². The molecule has 1 heterocycles. The summed E-state index contributed by atoms with van der Waals surface area (Å²) in [4.78, 5) is 12.0. The van der Waals surface area contributed by atoms with Gasteiger partial charge in [-0.15, -0.1) is 5.10 Å². The summed E-state index contributed by atoms with van der Waals surface area (Å²) in [5.41, 5.74) is 1.76. The molecule has 9 heteroatoms. The van der Waals surface area contributed by atoms with Crippen LogP contribution in [0.3, 0.4) is 0 Å². The Labute approximate surface area is 171 Å². The zero-order valence-electron chi connectivity index (χ0n) is 15.2. The highest BCUT2D eigenvalue weighted by Crippen LogP contribution is 2.34. The Balaban J connectivity index is 1.86. The topological polar surface area (TPSA) is 86.3 Å². The molecule has 0 saturated heterocycles. The smallest absolute Gasteiger partial charge is 0.361 e. The zero-order valence-corrected chi connectivity index (χ0v) is 16.7. The van der Waals surface area contributed by atoms with Crippen molar-refractivity contribution in [3.63, 3.8) is 0 Å². The quantitative estimate of drug-likeness (QED) is 0.563. The zero-order chi connectivity index (χ0) is 20.1. The van der Waals surface area contributed by atoms with Gasteiger partial charge in [-0.25, -0.2) is 4.79 Å². The standard InChI is InChI=1S/C19H17Cl2N3O4/c1-3-27-19(25)18-17(22-24-23-18)11-7-8-15(16(9-11)26-2)28-10-12-13(20)5-4-6-14(12)21/h4-9H,3,10H2,1-2H3,(H,22,23,24). The van der Waals surface area contributed by atoms with Crippen LogP contribution in [0.15, 0.2) is 36.4 Å². The number of hydrogen-bond donors (Lipinski definition) is 1. The van der Waals surface area contributed by atoms with Gasteiger partial charge in [-0.05, 0) is 37.3 Å². The third-order valence-electron chi connectivity index (χ3n) is 3.89. The summed E-state index contributed by atoms with van der Waals surface area (Å²) in [5.74, 6) is 0.390. The van der Waals surface area contributed by atoms with Crippen molar-refractivity contribution in [2.45, 2.75) is 13.5 Å². The Morgan fingerprint density at radius 3 is 2.54 bits per heavy atom. The fraction of sp³-hybridized carbons (Fsp3) is 0.211. The third-order valence-corrected chi connectivity index (χ3v) is 4.60. The van der Waals surface area contributed by atoms with Gasteiger partial charge in [-0.3, -0.25) is 0 Å². The molecular formula is C19H17Cl2N3O4. The minimum absolute atomic E-state index is 0.0976. The Bertz CT molecular complexity index is 971. The van der Waals surface area contributed by atoms with E-state index in [-0.39, 0.29) is 18.9 Å². The van der Waals surface area contributed by atoms with E-state index in [1.807, 2.05) is 0 Å². The summed E-state index contributed by atoms with van der Waals surface area (Å²) < 4.78 is 16.2. The largest absolute Gasteiger partial charge is 0.493 e. The molecule has 0 spiro atoms. The Hall–Kier alpha value is -2.77. The maximum atomic E-state index is 12.0. The fourth-order valence-corrected chi connectivity index (χ4v) is 3.03. The molecule has 1 aromatic heterocycles. The Morgan fingerprint density at radius 2 is 1.86 bits per heavy atom. The van der Waals surface area contributed by atoms with Gasteiger partial charge in [0.2, 0.25) is 0 Å². The molecule has 0 unspecified atom stereocenters. The van der Waals surface area contributed by atoms with E-state index in [2.05, 4.69) is 15.4 Å². The molecule has 0 radical (unpaired) electrons. The van der Waals surface area contributed by atoms with E-state index >= 15 is 0 Å². The number of esters is 1. The molecule has 7 nitrogen and oxygen atoms in total. The monoisotopic (exact) mass is 421 g/mol. The van der Waals surface area contributed by atoms with Crippen LogP contribution in [-0.4, -0.2) is 35.1 Å². The summed E-state index contributed by atoms with van der Waals surface area (Å²) in [6.45, 7) is 2.14. The number of ether oxygens (including phenoxy) is 3. The predicted molar refractivity (Wildman–Crippen MR) is 105 cm³/mol. The third kappa shape index (κ3) is 4.21. The Morgan fingerprint density at radius 1 is 1.11 bits per heavy atom. The average Bonchev–Trinajstić information content (AvgIpc) is 3.18. The van der Waals surface area contributed by atoms with Crippen LogP contribution in [0.1, 0.15) is 23.0 Å². The molecule has 0 amide bonds. The first kappa shape index (κ1) is 20.0. The first-order valence-corrected chi connectivity index (χ1v) is 9.12. The number of carbonyl (C=O) groups excluding carboxylic acids is 1. The fourth-order valence-electron chi connectivity index (χ4n) is 2.53. The number of H-pyrrole nitrogens is 1. The van der Waals surface area contributed by atoms with Gasteiger partial charge >= 0.3 is 5.97 Å². The van der Waals surface area contributed by atoms with Gasteiger partial charge in [-0.2, -0.15) is 10.3 Å². The molecule has 0 aliphatic heterocycles. The van der Waals surface area contributed by atoms with Crippen LogP contribution in [0.4, 0.5) is 0 Å². The second kappa shape index (κ2) is 8.95. The van der Waals surface area contributed by atoms with Crippen molar-refractivity contribution in [3.05, 3.63) is 57.7 Å². The second-order valence-electron chi connectivity index (χ2n) is 5.60. The molecule has 1 N–H and O–H groups in total. The highest BCUT2D eigenvalue weighted by atomic mass is 35.5. The number of halogens is 2. The van der Waals surface area contributed by atoms with E-state index in [1.165, 1.54) is 7.11 Å². The number of carbonyl (C=O) groups is 1. The lowest BCUT2D eigenvalue weighted by Gasteiger charge is -2.13. The van der Waals surface area contributed by atoms with Crippen LogP contribution >= 0.6 is 23.2 Å². The lowest BCUT2D eigenvalue weighted by molar-refractivity contribution is 0.0520. The SMILES string of the molecule is CCOC(=O)c1n[nH]nc1-c1ccc(OCc2c(Cl)cccc2Cl)c(OC)c1. The number of benzene rings is 2. The molecule has 0 aliphatic rings. The van der Waals surface area contributed by atoms with Gasteiger partial charge in [0.1, 0.15) is 12.3 Å². The molecule has 146 valence electrons. The highest BCUT2D eigenvalue weighted by molar-refractivity contribution is 6.35. The molecule has 3 aromatic rings. The number of methoxy groups -OCH3 is 1. The highest BCUT2D eigenvalue weighted by Gasteiger charge is 2.20. The summed E-state index contributed by atoms with van der Waals surface area (Å²) in [6, 6.07) is 10.4. The van der Waals surface area contributed by atoms with Crippen LogP contribution in [0.2, 0.25) is 10.0 Å². The van der Waals surface area contributed by atoms with E-state index in [1.54, 1.807) is 43.3 Å². The minimum Gasteiger partial charge on any atom is -0.493 e. The first-order chi connectivity index (χ1) is 13.5. The van der Waals surface area contributed by atoms with Gasteiger partial charge in [0.25, 0.3) is 0 Å². The normalized spacial score (nSPS) is 10.6. The van der Waals surface area contributed by atoms with Crippen molar-refractivity contribution < 1.29 is 19.0 Å². The van der Waals surface area contributed by atoms with Gasteiger partial charge in [0.15, 0.2) is 17.2 Å². The van der Waals surface area contributed by atoms with Crippen LogP contribution < -0.4 is 9.47 Å². The van der Waals surface area contributed by atoms with Gasteiger partial charge < -0.3 is 14.2 Å². The number of aromatic amines is 1. The molecule has 0 fully saturated rings.